The molecule has 0 radical (unpaired) electrons. The molecule has 1 nitrogen and oxygen atoms in total. The molecule has 1 aliphatic rings. The summed E-state index contributed by atoms with van der Waals surface area (Å²) in [6.07, 6.45) is 0. The van der Waals surface area contributed by atoms with Crippen LogP contribution in [-0.4, -0.2) is 0 Å². The van der Waals surface area contributed by atoms with Gasteiger partial charge in [-0.1, -0.05) is 190 Å². The molecule has 0 bridgehead atoms. The molecule has 0 saturated heterocycles. The Balaban J connectivity index is 1.20. The molecule has 0 saturated carbocycles. The van der Waals surface area contributed by atoms with Gasteiger partial charge in [-0.2, -0.15) is 0 Å². The summed E-state index contributed by atoms with van der Waals surface area (Å²) >= 11 is 0. The van der Waals surface area contributed by atoms with Gasteiger partial charge >= 0.3 is 0 Å². The Hall–Kier alpha value is -6.70. The van der Waals surface area contributed by atoms with E-state index in [0.717, 1.165) is 11.4 Å². The summed E-state index contributed by atoms with van der Waals surface area (Å²) in [6, 6.07) is 73.3. The van der Waals surface area contributed by atoms with E-state index in [-0.39, 0.29) is 5.41 Å². The van der Waals surface area contributed by atoms with E-state index in [1.807, 2.05) is 0 Å². The minimum Gasteiger partial charge on any atom is -0.309 e. The van der Waals surface area contributed by atoms with E-state index in [0.29, 0.717) is 0 Å². The quantitative estimate of drug-likeness (QED) is 0.168. The lowest BCUT2D eigenvalue weighted by Gasteiger charge is -2.30. The van der Waals surface area contributed by atoms with Crippen molar-refractivity contribution in [2.45, 2.75) is 19.3 Å². The second-order valence-corrected chi connectivity index (χ2v) is 14.9. The molecule has 1 aliphatic carbocycles. The van der Waals surface area contributed by atoms with E-state index in [1.54, 1.807) is 0 Å². The zero-order chi connectivity index (χ0) is 36.2. The number of hydrogen-bond acceptors (Lipinski definition) is 1. The molecule has 10 rings (SSSR count). The first-order chi connectivity index (χ1) is 26.6. The van der Waals surface area contributed by atoms with Crippen molar-refractivity contribution in [2.24, 2.45) is 0 Å². The third kappa shape index (κ3) is 5.08. The van der Waals surface area contributed by atoms with Gasteiger partial charge in [-0.25, -0.2) is 0 Å². The number of benzene rings is 9. The highest BCUT2D eigenvalue weighted by Crippen LogP contribution is 2.55. The van der Waals surface area contributed by atoms with Gasteiger partial charge in [0.2, 0.25) is 0 Å². The number of anilines is 3. The Bertz CT molecular complexity index is 2830. The fourth-order valence-corrected chi connectivity index (χ4v) is 8.90. The van der Waals surface area contributed by atoms with Gasteiger partial charge in [0.25, 0.3) is 0 Å². The van der Waals surface area contributed by atoms with Crippen LogP contribution in [0.5, 0.6) is 0 Å². The van der Waals surface area contributed by atoms with Crippen LogP contribution in [-0.2, 0) is 5.41 Å². The number of rotatable bonds is 6. The molecule has 9 aromatic carbocycles. The molecular weight excluding hydrogens is 651 g/mol. The van der Waals surface area contributed by atoms with E-state index in [1.165, 1.54) is 82.9 Å². The first-order valence-electron chi connectivity index (χ1n) is 18.9. The molecule has 0 unspecified atom stereocenters. The molecule has 256 valence electrons. The number of hydrogen-bond donors (Lipinski definition) is 0. The van der Waals surface area contributed by atoms with Crippen LogP contribution in [0.2, 0.25) is 0 Å². The van der Waals surface area contributed by atoms with E-state index in [2.05, 4.69) is 219 Å². The van der Waals surface area contributed by atoms with E-state index in [9.17, 15) is 0 Å². The highest BCUT2D eigenvalue weighted by atomic mass is 15.1. The summed E-state index contributed by atoms with van der Waals surface area (Å²) in [5, 5.41) is 4.96. The average Bonchev–Trinajstić information content (AvgIpc) is 3.48. The van der Waals surface area contributed by atoms with Crippen LogP contribution < -0.4 is 4.90 Å². The van der Waals surface area contributed by atoms with Crippen LogP contribution in [0, 0.1) is 0 Å². The first kappa shape index (κ1) is 32.0. The number of nitrogens with zero attached hydrogens (tertiary/aromatic N) is 1. The van der Waals surface area contributed by atoms with Crippen molar-refractivity contribution in [1.29, 1.82) is 0 Å². The molecule has 0 spiro atoms. The Kier molecular flexibility index (Phi) is 7.56. The summed E-state index contributed by atoms with van der Waals surface area (Å²) < 4.78 is 0. The monoisotopic (exact) mass is 689 g/mol. The van der Waals surface area contributed by atoms with Crippen molar-refractivity contribution < 1.29 is 0 Å². The normalized spacial score (nSPS) is 12.8. The highest BCUT2D eigenvalue weighted by molar-refractivity contribution is 6.08. The van der Waals surface area contributed by atoms with Crippen molar-refractivity contribution >= 4 is 38.6 Å². The van der Waals surface area contributed by atoms with Crippen LogP contribution >= 0.6 is 0 Å². The van der Waals surface area contributed by atoms with Crippen LogP contribution in [0.4, 0.5) is 17.1 Å². The van der Waals surface area contributed by atoms with E-state index in [4.69, 9.17) is 0 Å². The molecule has 0 aromatic heterocycles. The molecule has 0 atom stereocenters. The summed E-state index contributed by atoms with van der Waals surface area (Å²) in [5.41, 5.74) is 16.1. The van der Waals surface area contributed by atoms with Gasteiger partial charge in [-0.15, -0.1) is 0 Å². The molecule has 54 heavy (non-hydrogen) atoms. The Labute approximate surface area is 317 Å². The zero-order valence-electron chi connectivity index (χ0n) is 30.5. The lowest BCUT2D eigenvalue weighted by atomic mass is 9.82. The van der Waals surface area contributed by atoms with Gasteiger partial charge in [0.1, 0.15) is 0 Å². The first-order valence-corrected chi connectivity index (χ1v) is 18.9. The Morgan fingerprint density at radius 2 is 0.926 bits per heavy atom. The smallest absolute Gasteiger partial charge is 0.0543 e. The van der Waals surface area contributed by atoms with E-state index < -0.39 is 0 Å². The summed E-state index contributed by atoms with van der Waals surface area (Å²) in [4.78, 5) is 2.50. The van der Waals surface area contributed by atoms with Crippen molar-refractivity contribution in [3.8, 4) is 44.5 Å². The molecule has 0 amide bonds. The van der Waals surface area contributed by atoms with Gasteiger partial charge in [0, 0.05) is 22.1 Å². The lowest BCUT2D eigenvalue weighted by Crippen LogP contribution is -2.16. The Morgan fingerprint density at radius 3 is 1.70 bits per heavy atom. The lowest BCUT2D eigenvalue weighted by molar-refractivity contribution is 0.660. The third-order valence-corrected chi connectivity index (χ3v) is 11.5. The SMILES string of the molecule is CC1(C)c2ccccc2-c2c(N(c3ccc(-c4ccc5ccccc5c4-c4ccccc4)cc3)c3ccc(-c4ccccc4)c4ccccc34)cccc21. The van der Waals surface area contributed by atoms with Gasteiger partial charge in [0.05, 0.1) is 11.4 Å². The van der Waals surface area contributed by atoms with Crippen molar-refractivity contribution in [3.05, 3.63) is 211 Å². The molecule has 0 heterocycles. The number of fused-ring (bicyclic) bond motifs is 5. The largest absolute Gasteiger partial charge is 0.309 e. The van der Waals surface area contributed by atoms with Crippen molar-refractivity contribution in [2.75, 3.05) is 4.90 Å². The topological polar surface area (TPSA) is 3.24 Å². The third-order valence-electron chi connectivity index (χ3n) is 11.5. The fourth-order valence-electron chi connectivity index (χ4n) is 8.90. The van der Waals surface area contributed by atoms with Crippen LogP contribution in [0.25, 0.3) is 66.1 Å². The molecule has 0 N–H and O–H groups in total. The van der Waals surface area contributed by atoms with Crippen molar-refractivity contribution in [3.63, 3.8) is 0 Å². The van der Waals surface area contributed by atoms with Gasteiger partial charge < -0.3 is 4.90 Å². The van der Waals surface area contributed by atoms with Gasteiger partial charge in [-0.05, 0) is 90.5 Å². The predicted octanol–water partition coefficient (Wildman–Crippen LogP) is 14.8. The van der Waals surface area contributed by atoms with Crippen molar-refractivity contribution in [1.82, 2.24) is 0 Å². The zero-order valence-corrected chi connectivity index (χ0v) is 30.5. The summed E-state index contributed by atoms with van der Waals surface area (Å²) in [5.74, 6) is 0. The van der Waals surface area contributed by atoms with Crippen LogP contribution in [0.3, 0.4) is 0 Å². The van der Waals surface area contributed by atoms with E-state index >= 15 is 0 Å². The highest BCUT2D eigenvalue weighted by Gasteiger charge is 2.37. The molecule has 0 fully saturated rings. The molecule has 0 aliphatic heterocycles. The molecule has 1 heteroatoms. The fraction of sp³-hybridized carbons (Fsp3) is 0.0566. The summed E-state index contributed by atoms with van der Waals surface area (Å²) in [7, 11) is 0. The second-order valence-electron chi connectivity index (χ2n) is 14.9. The van der Waals surface area contributed by atoms with Gasteiger partial charge in [0.15, 0.2) is 0 Å². The maximum absolute atomic E-state index is 2.50. The standard InChI is InChI=1S/C53H39N/c1-53(2)47-25-14-13-24-46(47)52-48(53)26-15-27-50(52)54(49-35-34-41(36-16-5-3-6-17-36)44-22-11-12-23-45(44)49)40-31-28-38(29-32-40)43-33-30-37-18-9-10-21-42(37)51(43)39-19-7-4-8-20-39/h3-35H,1-2H3. The van der Waals surface area contributed by atoms with Crippen LogP contribution in [0.15, 0.2) is 200 Å². The minimum atomic E-state index is -0.110. The second kappa shape index (κ2) is 12.8. The Morgan fingerprint density at radius 1 is 0.333 bits per heavy atom. The molecule has 9 aromatic rings. The average molecular weight is 690 g/mol. The maximum atomic E-state index is 2.50. The maximum Gasteiger partial charge on any atom is 0.0543 e. The minimum absolute atomic E-state index is 0.110. The molecular formula is C53H39N. The van der Waals surface area contributed by atoms with Gasteiger partial charge in [-0.3, -0.25) is 0 Å². The van der Waals surface area contributed by atoms with Crippen LogP contribution in [0.1, 0.15) is 25.0 Å². The predicted molar refractivity (Wildman–Crippen MR) is 230 cm³/mol. The summed E-state index contributed by atoms with van der Waals surface area (Å²) in [6.45, 7) is 4.72.